The fourth-order valence-electron chi connectivity index (χ4n) is 2.08. The van der Waals surface area contributed by atoms with Gasteiger partial charge in [0.1, 0.15) is 5.82 Å². The third-order valence-corrected chi connectivity index (χ3v) is 4.16. The summed E-state index contributed by atoms with van der Waals surface area (Å²) < 4.78 is 0. The van der Waals surface area contributed by atoms with E-state index in [1.165, 1.54) is 17.9 Å². The van der Waals surface area contributed by atoms with Gasteiger partial charge in [-0.25, -0.2) is 4.98 Å². The number of anilines is 2. The van der Waals surface area contributed by atoms with Crippen LogP contribution in [0.2, 0.25) is 0 Å². The molecule has 1 aromatic heterocycles. The average Bonchev–Trinajstić information content (AvgIpc) is 2.82. The van der Waals surface area contributed by atoms with Crippen molar-refractivity contribution in [2.24, 2.45) is 0 Å². The van der Waals surface area contributed by atoms with Crippen LogP contribution in [0.4, 0.5) is 11.5 Å². The SMILES string of the molecule is Nc1ccc2nc(NC3CCSC3)ccc2c1. The Bertz CT molecular complexity index is 535. The lowest BCUT2D eigenvalue weighted by Gasteiger charge is -2.12. The van der Waals surface area contributed by atoms with Gasteiger partial charge in [0.15, 0.2) is 0 Å². The highest BCUT2D eigenvalue weighted by atomic mass is 32.2. The molecule has 2 aromatic rings. The summed E-state index contributed by atoms with van der Waals surface area (Å²) in [5.74, 6) is 3.40. The zero-order valence-corrected chi connectivity index (χ0v) is 10.3. The molecule has 3 rings (SSSR count). The van der Waals surface area contributed by atoms with Gasteiger partial charge >= 0.3 is 0 Å². The number of nitrogen functional groups attached to an aromatic ring is 1. The molecule has 0 bridgehead atoms. The Balaban J connectivity index is 1.88. The second-order valence-corrected chi connectivity index (χ2v) is 5.50. The predicted octanol–water partition coefficient (Wildman–Crippen LogP) is 2.73. The maximum absolute atomic E-state index is 5.75. The number of nitrogens with two attached hydrogens (primary N) is 1. The Hall–Kier alpha value is -1.42. The number of aromatic nitrogens is 1. The first kappa shape index (κ1) is 10.7. The van der Waals surface area contributed by atoms with Crippen LogP contribution in [0.3, 0.4) is 0 Å². The highest BCUT2D eigenvalue weighted by Gasteiger charge is 2.15. The summed E-state index contributed by atoms with van der Waals surface area (Å²) in [4.78, 5) is 4.60. The number of nitrogens with one attached hydrogen (secondary N) is 1. The number of benzene rings is 1. The van der Waals surface area contributed by atoms with Gasteiger partial charge in [0.2, 0.25) is 0 Å². The summed E-state index contributed by atoms with van der Waals surface area (Å²) in [5.41, 5.74) is 7.53. The van der Waals surface area contributed by atoms with Crippen molar-refractivity contribution < 1.29 is 0 Å². The van der Waals surface area contributed by atoms with Crippen molar-refractivity contribution in [3.05, 3.63) is 30.3 Å². The number of hydrogen-bond acceptors (Lipinski definition) is 4. The summed E-state index contributed by atoms with van der Waals surface area (Å²) in [5, 5.41) is 4.58. The van der Waals surface area contributed by atoms with E-state index in [0.29, 0.717) is 6.04 Å². The first-order valence-corrected chi connectivity index (χ1v) is 6.97. The zero-order chi connectivity index (χ0) is 11.7. The third kappa shape index (κ3) is 2.31. The van der Waals surface area contributed by atoms with Crippen LogP contribution in [0.5, 0.6) is 0 Å². The second kappa shape index (κ2) is 4.45. The van der Waals surface area contributed by atoms with Crippen LogP contribution in [0.15, 0.2) is 30.3 Å². The normalized spacial score (nSPS) is 19.6. The van der Waals surface area contributed by atoms with Crippen LogP contribution in [0.1, 0.15) is 6.42 Å². The standard InChI is InChI=1S/C13H15N3S/c14-10-2-3-12-9(7-10)1-4-13(16-12)15-11-5-6-17-8-11/h1-4,7,11H,5-6,8,14H2,(H,15,16). The molecule has 2 heterocycles. The van der Waals surface area contributed by atoms with Crippen molar-refractivity contribution in [3.8, 4) is 0 Å². The molecule has 3 N–H and O–H groups in total. The molecule has 1 aliphatic heterocycles. The smallest absolute Gasteiger partial charge is 0.126 e. The molecule has 4 heteroatoms. The molecule has 1 fully saturated rings. The van der Waals surface area contributed by atoms with E-state index in [1.807, 2.05) is 36.0 Å². The Labute approximate surface area is 105 Å². The molecule has 17 heavy (non-hydrogen) atoms. The Morgan fingerprint density at radius 3 is 3.06 bits per heavy atom. The van der Waals surface area contributed by atoms with Gasteiger partial charge in [0.05, 0.1) is 5.52 Å². The number of hydrogen-bond donors (Lipinski definition) is 2. The molecule has 1 aliphatic rings. The molecule has 1 aromatic carbocycles. The van der Waals surface area contributed by atoms with Crippen molar-refractivity contribution in [1.29, 1.82) is 0 Å². The van der Waals surface area contributed by atoms with E-state index in [2.05, 4.69) is 16.4 Å². The van der Waals surface area contributed by atoms with E-state index in [1.54, 1.807) is 0 Å². The van der Waals surface area contributed by atoms with Crippen LogP contribution in [0.25, 0.3) is 10.9 Å². The predicted molar refractivity (Wildman–Crippen MR) is 75.5 cm³/mol. The van der Waals surface area contributed by atoms with Gasteiger partial charge in [0, 0.05) is 22.9 Å². The minimum Gasteiger partial charge on any atom is -0.399 e. The second-order valence-electron chi connectivity index (χ2n) is 4.35. The Morgan fingerprint density at radius 2 is 2.24 bits per heavy atom. The van der Waals surface area contributed by atoms with Crippen molar-refractivity contribution in [2.75, 3.05) is 22.6 Å². The number of rotatable bonds is 2. The van der Waals surface area contributed by atoms with Crippen LogP contribution >= 0.6 is 11.8 Å². The molecule has 0 saturated carbocycles. The molecule has 0 aliphatic carbocycles. The van der Waals surface area contributed by atoms with Gasteiger partial charge in [-0.05, 0) is 42.5 Å². The summed E-state index contributed by atoms with van der Waals surface area (Å²) >= 11 is 2.00. The van der Waals surface area contributed by atoms with E-state index >= 15 is 0 Å². The summed E-state index contributed by atoms with van der Waals surface area (Å²) in [7, 11) is 0. The average molecular weight is 245 g/mol. The molecule has 0 amide bonds. The quantitative estimate of drug-likeness (QED) is 0.799. The van der Waals surface area contributed by atoms with Crippen molar-refractivity contribution in [1.82, 2.24) is 4.98 Å². The van der Waals surface area contributed by atoms with E-state index in [9.17, 15) is 0 Å². The van der Waals surface area contributed by atoms with Crippen LogP contribution < -0.4 is 11.1 Å². The molecule has 0 spiro atoms. The number of nitrogens with zero attached hydrogens (tertiary/aromatic N) is 1. The fraction of sp³-hybridized carbons (Fsp3) is 0.308. The lowest BCUT2D eigenvalue weighted by Crippen LogP contribution is -2.18. The van der Waals surface area contributed by atoms with E-state index in [0.717, 1.165) is 22.4 Å². The van der Waals surface area contributed by atoms with Gasteiger partial charge in [-0.3, -0.25) is 0 Å². The fourth-order valence-corrected chi connectivity index (χ4v) is 3.23. The van der Waals surface area contributed by atoms with E-state index < -0.39 is 0 Å². The topological polar surface area (TPSA) is 50.9 Å². The van der Waals surface area contributed by atoms with E-state index in [-0.39, 0.29) is 0 Å². The van der Waals surface area contributed by atoms with Crippen molar-refractivity contribution in [2.45, 2.75) is 12.5 Å². The lowest BCUT2D eigenvalue weighted by atomic mass is 10.2. The van der Waals surface area contributed by atoms with Gasteiger partial charge in [-0.15, -0.1) is 0 Å². The van der Waals surface area contributed by atoms with E-state index in [4.69, 9.17) is 5.73 Å². The number of thioether (sulfide) groups is 1. The summed E-state index contributed by atoms with van der Waals surface area (Å²) in [6, 6.07) is 10.5. The lowest BCUT2D eigenvalue weighted by molar-refractivity contribution is 0.808. The van der Waals surface area contributed by atoms with Crippen LogP contribution in [-0.2, 0) is 0 Å². The summed E-state index contributed by atoms with van der Waals surface area (Å²) in [6.45, 7) is 0. The minimum absolute atomic E-state index is 0.568. The first-order valence-electron chi connectivity index (χ1n) is 5.82. The maximum atomic E-state index is 5.75. The molecule has 3 nitrogen and oxygen atoms in total. The van der Waals surface area contributed by atoms with Gasteiger partial charge in [-0.1, -0.05) is 0 Å². The van der Waals surface area contributed by atoms with Crippen molar-refractivity contribution >= 4 is 34.2 Å². The number of pyridine rings is 1. The molecule has 1 saturated heterocycles. The Kier molecular flexibility index (Phi) is 2.81. The molecule has 88 valence electrons. The van der Waals surface area contributed by atoms with Crippen LogP contribution in [-0.4, -0.2) is 22.5 Å². The molecule has 1 unspecified atom stereocenters. The van der Waals surface area contributed by atoms with Gasteiger partial charge < -0.3 is 11.1 Å². The van der Waals surface area contributed by atoms with Gasteiger partial charge in [-0.2, -0.15) is 11.8 Å². The molecule has 1 atom stereocenters. The highest BCUT2D eigenvalue weighted by Crippen LogP contribution is 2.22. The number of fused-ring (bicyclic) bond motifs is 1. The largest absolute Gasteiger partial charge is 0.399 e. The highest BCUT2D eigenvalue weighted by molar-refractivity contribution is 7.99. The zero-order valence-electron chi connectivity index (χ0n) is 9.52. The molecular weight excluding hydrogens is 230 g/mol. The minimum atomic E-state index is 0.568. The van der Waals surface area contributed by atoms with Crippen molar-refractivity contribution in [3.63, 3.8) is 0 Å². The Morgan fingerprint density at radius 1 is 1.29 bits per heavy atom. The molecule has 0 radical (unpaired) electrons. The summed E-state index contributed by atoms with van der Waals surface area (Å²) in [6.07, 6.45) is 1.23. The molecular formula is C13H15N3S. The van der Waals surface area contributed by atoms with Crippen LogP contribution in [0, 0.1) is 0 Å². The maximum Gasteiger partial charge on any atom is 0.126 e. The van der Waals surface area contributed by atoms with Gasteiger partial charge in [0.25, 0.3) is 0 Å². The third-order valence-electron chi connectivity index (χ3n) is 2.99. The first-order chi connectivity index (χ1) is 8.31. The monoisotopic (exact) mass is 245 g/mol.